The molecule has 2 aliphatic rings. The van der Waals surface area contributed by atoms with Crippen LogP contribution in [0.3, 0.4) is 0 Å². The Hall–Kier alpha value is -3.55. The number of hydrogen-bond acceptors (Lipinski definition) is 8. The highest BCUT2D eigenvalue weighted by Gasteiger charge is 2.40. The Bertz CT molecular complexity index is 1460. The van der Waals surface area contributed by atoms with E-state index in [9.17, 15) is 9.65 Å². The molecule has 0 amide bonds. The molecule has 1 unspecified atom stereocenters. The van der Waals surface area contributed by atoms with Crippen LogP contribution in [0.5, 0.6) is 0 Å². The van der Waals surface area contributed by atoms with E-state index in [-0.39, 0.29) is 5.82 Å². The number of imidazole rings is 1. The van der Waals surface area contributed by atoms with Crippen molar-refractivity contribution in [1.29, 1.82) is 5.26 Å². The van der Waals surface area contributed by atoms with Crippen LogP contribution in [0.4, 0.5) is 21.2 Å². The number of halogens is 1. The fourth-order valence-electron chi connectivity index (χ4n) is 5.40. The van der Waals surface area contributed by atoms with Crippen LogP contribution in [0, 0.1) is 22.6 Å². The first-order chi connectivity index (χ1) is 17.5. The molecular weight excluding hydrogens is 475 g/mol. The second-order valence-corrected chi connectivity index (χ2v) is 10.6. The second-order valence-electron chi connectivity index (χ2n) is 9.65. The largest absolute Gasteiger partial charge is 0.355 e. The third kappa shape index (κ3) is 3.79. The SMILES string of the molecule is CCc1nc2ccc(N3CCC4(CCNC4)C3)nn2c1N(C)c1nc(-c2ccc(F)cc2)c(C#N)s1. The quantitative estimate of drug-likeness (QED) is 0.433. The maximum absolute atomic E-state index is 13.5. The molecule has 0 radical (unpaired) electrons. The smallest absolute Gasteiger partial charge is 0.192 e. The predicted octanol–water partition coefficient (Wildman–Crippen LogP) is 4.38. The number of anilines is 3. The lowest BCUT2D eigenvalue weighted by Crippen LogP contribution is -2.29. The molecule has 5 heterocycles. The zero-order chi connectivity index (χ0) is 24.9. The van der Waals surface area contributed by atoms with Gasteiger partial charge in [0.05, 0.1) is 5.69 Å². The minimum atomic E-state index is -0.321. The van der Waals surface area contributed by atoms with E-state index in [0.29, 0.717) is 26.7 Å². The van der Waals surface area contributed by atoms with Crippen LogP contribution in [-0.4, -0.2) is 52.8 Å². The van der Waals surface area contributed by atoms with Crippen LogP contribution in [0.2, 0.25) is 0 Å². The van der Waals surface area contributed by atoms with Crippen molar-refractivity contribution in [3.8, 4) is 17.3 Å². The summed E-state index contributed by atoms with van der Waals surface area (Å²) in [7, 11) is 1.93. The lowest BCUT2D eigenvalue weighted by atomic mass is 9.87. The summed E-state index contributed by atoms with van der Waals surface area (Å²) >= 11 is 1.31. The summed E-state index contributed by atoms with van der Waals surface area (Å²) in [6, 6.07) is 12.4. The van der Waals surface area contributed by atoms with Gasteiger partial charge in [-0.3, -0.25) is 0 Å². The lowest BCUT2D eigenvalue weighted by molar-refractivity contribution is 0.369. The lowest BCUT2D eigenvalue weighted by Gasteiger charge is -2.23. The number of rotatable bonds is 5. The van der Waals surface area contributed by atoms with Crippen molar-refractivity contribution in [2.75, 3.05) is 43.0 Å². The van der Waals surface area contributed by atoms with Crippen molar-refractivity contribution in [3.63, 3.8) is 0 Å². The van der Waals surface area contributed by atoms with Gasteiger partial charge in [-0.15, -0.1) is 5.10 Å². The van der Waals surface area contributed by atoms with Crippen molar-refractivity contribution >= 4 is 33.8 Å². The predicted molar refractivity (Wildman–Crippen MR) is 139 cm³/mol. The van der Waals surface area contributed by atoms with Crippen molar-refractivity contribution in [2.45, 2.75) is 26.2 Å². The number of hydrogen-bond donors (Lipinski definition) is 1. The van der Waals surface area contributed by atoms with Gasteiger partial charge in [-0.2, -0.15) is 9.78 Å². The van der Waals surface area contributed by atoms with Crippen LogP contribution in [-0.2, 0) is 6.42 Å². The van der Waals surface area contributed by atoms with Crippen molar-refractivity contribution < 1.29 is 4.39 Å². The fourth-order valence-corrected chi connectivity index (χ4v) is 6.24. The normalized spacial score (nSPS) is 19.4. The van der Waals surface area contributed by atoms with Crippen LogP contribution in [0.25, 0.3) is 16.9 Å². The van der Waals surface area contributed by atoms with Gasteiger partial charge in [-0.25, -0.2) is 14.4 Å². The van der Waals surface area contributed by atoms with Gasteiger partial charge in [0, 0.05) is 37.7 Å². The highest BCUT2D eigenvalue weighted by molar-refractivity contribution is 7.16. The van der Waals surface area contributed by atoms with E-state index in [2.05, 4.69) is 29.3 Å². The Morgan fingerprint density at radius 1 is 1.19 bits per heavy atom. The molecule has 1 spiro atoms. The molecule has 0 bridgehead atoms. The topological polar surface area (TPSA) is 85.4 Å². The zero-order valence-electron chi connectivity index (χ0n) is 20.3. The van der Waals surface area contributed by atoms with Crippen LogP contribution in [0.15, 0.2) is 36.4 Å². The minimum absolute atomic E-state index is 0.321. The first-order valence-corrected chi connectivity index (χ1v) is 13.1. The van der Waals surface area contributed by atoms with E-state index in [1.165, 1.54) is 36.3 Å². The molecular formula is C26H27FN8S. The molecule has 2 saturated heterocycles. The molecule has 1 aromatic carbocycles. The number of fused-ring (bicyclic) bond motifs is 1. The Morgan fingerprint density at radius 3 is 2.75 bits per heavy atom. The summed E-state index contributed by atoms with van der Waals surface area (Å²) in [5.74, 6) is 1.47. The number of thiazole rings is 1. The van der Waals surface area contributed by atoms with Crippen molar-refractivity contribution in [2.24, 2.45) is 5.41 Å². The van der Waals surface area contributed by atoms with E-state index < -0.39 is 0 Å². The van der Waals surface area contributed by atoms with Gasteiger partial charge >= 0.3 is 0 Å². The number of aryl methyl sites for hydroxylation is 1. The molecule has 0 aliphatic carbocycles. The number of aromatic nitrogens is 4. The van der Waals surface area contributed by atoms with E-state index in [4.69, 9.17) is 15.1 Å². The fraction of sp³-hybridized carbons (Fsp3) is 0.385. The summed E-state index contributed by atoms with van der Waals surface area (Å²) in [4.78, 5) is 14.4. The third-order valence-corrected chi connectivity index (χ3v) is 8.41. The van der Waals surface area contributed by atoms with Crippen molar-refractivity contribution in [3.05, 3.63) is 52.8 Å². The number of nitriles is 1. The molecule has 10 heteroatoms. The first kappa shape index (κ1) is 22.9. The molecule has 2 fully saturated rings. The monoisotopic (exact) mass is 502 g/mol. The van der Waals surface area contributed by atoms with Gasteiger partial charge in [0.1, 0.15) is 28.3 Å². The summed E-state index contributed by atoms with van der Waals surface area (Å²) in [6.45, 7) is 6.25. The Balaban J connectivity index is 1.38. The summed E-state index contributed by atoms with van der Waals surface area (Å²) in [6.07, 6.45) is 3.13. The van der Waals surface area contributed by atoms with Gasteiger partial charge in [0.25, 0.3) is 0 Å². The number of nitrogens with one attached hydrogen (secondary N) is 1. The molecule has 184 valence electrons. The molecule has 8 nitrogen and oxygen atoms in total. The van der Waals surface area contributed by atoms with E-state index in [1.54, 1.807) is 12.1 Å². The van der Waals surface area contributed by atoms with Gasteiger partial charge < -0.3 is 15.1 Å². The van der Waals surface area contributed by atoms with Gasteiger partial charge in [0.15, 0.2) is 16.6 Å². The Kier molecular flexibility index (Phi) is 5.62. The molecule has 6 rings (SSSR count). The minimum Gasteiger partial charge on any atom is -0.355 e. The number of nitrogens with zero attached hydrogens (tertiary/aromatic N) is 7. The Labute approximate surface area is 213 Å². The molecule has 3 aromatic heterocycles. The molecule has 0 saturated carbocycles. The van der Waals surface area contributed by atoms with Gasteiger partial charge in [-0.1, -0.05) is 18.3 Å². The molecule has 1 atom stereocenters. The Morgan fingerprint density at radius 2 is 2.03 bits per heavy atom. The second kappa shape index (κ2) is 8.84. The summed E-state index contributed by atoms with van der Waals surface area (Å²) in [5, 5.41) is 19.0. The molecule has 2 aliphatic heterocycles. The van der Waals surface area contributed by atoms with Gasteiger partial charge in [0.2, 0.25) is 0 Å². The van der Waals surface area contributed by atoms with Crippen LogP contribution < -0.4 is 15.1 Å². The molecule has 1 N–H and O–H groups in total. The average Bonchev–Trinajstić information content (AvgIpc) is 3.69. The van der Waals surface area contributed by atoms with Gasteiger partial charge in [-0.05, 0) is 62.2 Å². The summed E-state index contributed by atoms with van der Waals surface area (Å²) < 4.78 is 15.4. The van der Waals surface area contributed by atoms with Crippen LogP contribution >= 0.6 is 11.3 Å². The van der Waals surface area contributed by atoms with E-state index in [0.717, 1.165) is 55.6 Å². The average molecular weight is 503 g/mol. The maximum Gasteiger partial charge on any atom is 0.192 e. The molecule has 36 heavy (non-hydrogen) atoms. The van der Waals surface area contributed by atoms with E-state index >= 15 is 0 Å². The summed E-state index contributed by atoms with van der Waals surface area (Å²) in [5.41, 5.74) is 3.31. The van der Waals surface area contributed by atoms with Crippen LogP contribution in [0.1, 0.15) is 30.3 Å². The highest BCUT2D eigenvalue weighted by atomic mass is 32.1. The third-order valence-electron chi connectivity index (χ3n) is 7.38. The molecule has 4 aromatic rings. The van der Waals surface area contributed by atoms with E-state index in [1.807, 2.05) is 22.5 Å². The zero-order valence-corrected chi connectivity index (χ0v) is 21.1. The first-order valence-electron chi connectivity index (χ1n) is 12.3. The standard InChI is InChI=1S/C26H27FN8S/c1-3-19-24(33(2)25-31-23(20(14-28)36-25)17-4-6-18(27)7-5-17)35-21(30-19)8-9-22(32-35)34-13-11-26(16-34)10-12-29-15-26/h4-9,29H,3,10-13,15-16H2,1-2H3. The number of benzene rings is 1. The van der Waals surface area contributed by atoms with Crippen molar-refractivity contribution in [1.82, 2.24) is 24.9 Å². The maximum atomic E-state index is 13.5. The highest BCUT2D eigenvalue weighted by Crippen LogP contribution is 2.39.